The van der Waals surface area contributed by atoms with Crippen LogP contribution in [-0.2, 0) is 0 Å². The van der Waals surface area contributed by atoms with E-state index >= 15 is 0 Å². The molecule has 1 aromatic heterocycles. The number of nitrogens with zero attached hydrogens (tertiary/aromatic N) is 3. The van der Waals surface area contributed by atoms with Gasteiger partial charge in [0, 0.05) is 41.5 Å². The third kappa shape index (κ3) is 2.28. The Kier molecular flexibility index (Phi) is 3.31. The molecule has 2 aliphatic rings. The van der Waals surface area contributed by atoms with Crippen molar-refractivity contribution in [3.05, 3.63) is 23.3 Å². The first-order valence-corrected chi connectivity index (χ1v) is 7.37. The van der Waals surface area contributed by atoms with Gasteiger partial charge in [-0.05, 0) is 46.6 Å². The third-order valence-corrected chi connectivity index (χ3v) is 4.99. The molecule has 1 aromatic rings. The molecule has 2 saturated heterocycles. The zero-order chi connectivity index (χ0) is 13.6. The summed E-state index contributed by atoms with van der Waals surface area (Å²) in [7, 11) is 2.27. The fourth-order valence-electron chi connectivity index (χ4n) is 3.76. The zero-order valence-electron chi connectivity index (χ0n) is 12.1. The second-order valence-corrected chi connectivity index (χ2v) is 6.28. The number of piperidine rings is 1. The van der Waals surface area contributed by atoms with E-state index in [0.717, 1.165) is 29.2 Å². The molecule has 2 fully saturated rings. The van der Waals surface area contributed by atoms with Crippen LogP contribution in [0.4, 0.5) is 0 Å². The van der Waals surface area contributed by atoms with Gasteiger partial charge in [0.15, 0.2) is 0 Å². The van der Waals surface area contributed by atoms with Gasteiger partial charge >= 0.3 is 0 Å². The lowest BCUT2D eigenvalue weighted by Gasteiger charge is -2.35. The van der Waals surface area contributed by atoms with Gasteiger partial charge in [-0.25, -0.2) is 9.97 Å². The minimum atomic E-state index is 0.0164. The summed E-state index contributed by atoms with van der Waals surface area (Å²) in [6.07, 6.45) is 7.04. The largest absolute Gasteiger partial charge is 0.324 e. The smallest absolute Gasteiger partial charge is 0.131 e. The topological polar surface area (TPSA) is 55.0 Å². The summed E-state index contributed by atoms with van der Waals surface area (Å²) in [5, 5.41) is 0. The molecule has 3 rings (SSSR count). The maximum absolute atomic E-state index is 5.93. The molecule has 3 heterocycles. The first-order chi connectivity index (χ1) is 9.06. The van der Waals surface area contributed by atoms with Gasteiger partial charge in [-0.1, -0.05) is 0 Å². The maximum Gasteiger partial charge on any atom is 0.131 e. The van der Waals surface area contributed by atoms with E-state index in [0.29, 0.717) is 5.92 Å². The molecule has 0 radical (unpaired) electrons. The van der Waals surface area contributed by atoms with E-state index in [2.05, 4.69) is 16.9 Å². The van der Waals surface area contributed by atoms with Gasteiger partial charge in [-0.2, -0.15) is 0 Å². The third-order valence-electron chi connectivity index (χ3n) is 4.99. The molecule has 0 amide bonds. The molecule has 4 nitrogen and oxygen atoms in total. The van der Waals surface area contributed by atoms with Crippen molar-refractivity contribution >= 4 is 0 Å². The molecule has 2 unspecified atom stereocenters. The van der Waals surface area contributed by atoms with Crippen molar-refractivity contribution in [3.63, 3.8) is 0 Å². The fraction of sp³-hybridized carbons (Fsp3) is 0.733. The second kappa shape index (κ2) is 4.84. The lowest BCUT2D eigenvalue weighted by atomic mass is 9.90. The van der Waals surface area contributed by atoms with E-state index in [4.69, 9.17) is 10.7 Å². The van der Waals surface area contributed by atoms with Crippen LogP contribution in [0.3, 0.4) is 0 Å². The fourth-order valence-corrected chi connectivity index (χ4v) is 3.76. The highest BCUT2D eigenvalue weighted by atomic mass is 15.2. The van der Waals surface area contributed by atoms with E-state index in [-0.39, 0.29) is 6.04 Å². The Bertz CT molecular complexity index is 457. The minimum Gasteiger partial charge on any atom is -0.324 e. The summed E-state index contributed by atoms with van der Waals surface area (Å²) in [6.45, 7) is 4.04. The highest BCUT2D eigenvalue weighted by molar-refractivity contribution is 5.21. The van der Waals surface area contributed by atoms with Gasteiger partial charge in [0.1, 0.15) is 5.82 Å². The normalized spacial score (nSPS) is 32.5. The van der Waals surface area contributed by atoms with Gasteiger partial charge in [0.25, 0.3) is 0 Å². The lowest BCUT2D eigenvalue weighted by Crippen LogP contribution is -2.39. The molecule has 2 bridgehead atoms. The van der Waals surface area contributed by atoms with Crippen LogP contribution in [0, 0.1) is 6.92 Å². The Hall–Kier alpha value is -1.00. The summed E-state index contributed by atoms with van der Waals surface area (Å²) >= 11 is 0. The molecular formula is C15H24N4. The van der Waals surface area contributed by atoms with Crippen molar-refractivity contribution < 1.29 is 0 Å². The van der Waals surface area contributed by atoms with Crippen LogP contribution in [0.15, 0.2) is 6.20 Å². The highest BCUT2D eigenvalue weighted by Gasteiger charge is 2.39. The van der Waals surface area contributed by atoms with E-state index in [1.807, 2.05) is 20.0 Å². The number of aryl methyl sites for hydroxylation is 1. The van der Waals surface area contributed by atoms with Crippen LogP contribution in [0.25, 0.3) is 0 Å². The molecule has 0 aromatic carbocycles. The van der Waals surface area contributed by atoms with Crippen LogP contribution in [0.2, 0.25) is 0 Å². The second-order valence-electron chi connectivity index (χ2n) is 6.28. The SMILES string of the molecule is Cc1nc(C2CC3CCC(C2)N3C)ncc1[C@H](C)N. The minimum absolute atomic E-state index is 0.0164. The first kappa shape index (κ1) is 13.0. The summed E-state index contributed by atoms with van der Waals surface area (Å²) in [6, 6.07) is 1.49. The summed E-state index contributed by atoms with van der Waals surface area (Å²) in [5.74, 6) is 1.57. The van der Waals surface area contributed by atoms with E-state index in [1.54, 1.807) is 0 Å². The van der Waals surface area contributed by atoms with Crippen LogP contribution in [0.1, 0.15) is 61.6 Å². The molecule has 3 atom stereocenters. The highest BCUT2D eigenvalue weighted by Crippen LogP contribution is 2.41. The van der Waals surface area contributed by atoms with E-state index < -0.39 is 0 Å². The summed E-state index contributed by atoms with van der Waals surface area (Å²) < 4.78 is 0. The van der Waals surface area contributed by atoms with E-state index in [1.165, 1.54) is 25.7 Å². The van der Waals surface area contributed by atoms with Crippen molar-refractivity contribution in [2.24, 2.45) is 5.73 Å². The Morgan fingerprint density at radius 2 is 1.95 bits per heavy atom. The molecule has 2 aliphatic heterocycles. The first-order valence-electron chi connectivity index (χ1n) is 7.37. The predicted octanol–water partition coefficient (Wildman–Crippen LogP) is 2.14. The number of rotatable bonds is 2. The van der Waals surface area contributed by atoms with Crippen molar-refractivity contribution in [1.82, 2.24) is 14.9 Å². The van der Waals surface area contributed by atoms with Crippen molar-refractivity contribution in [1.29, 1.82) is 0 Å². The van der Waals surface area contributed by atoms with Crippen LogP contribution >= 0.6 is 0 Å². The monoisotopic (exact) mass is 260 g/mol. The summed E-state index contributed by atoms with van der Waals surface area (Å²) in [5.41, 5.74) is 8.05. The Balaban J connectivity index is 1.82. The van der Waals surface area contributed by atoms with Gasteiger partial charge in [-0.15, -0.1) is 0 Å². The number of hydrogen-bond donors (Lipinski definition) is 1. The number of aromatic nitrogens is 2. The number of hydrogen-bond acceptors (Lipinski definition) is 4. The molecular weight excluding hydrogens is 236 g/mol. The maximum atomic E-state index is 5.93. The van der Waals surface area contributed by atoms with Gasteiger partial charge in [-0.3, -0.25) is 0 Å². The Labute approximate surface area is 115 Å². The molecule has 19 heavy (non-hydrogen) atoms. The van der Waals surface area contributed by atoms with Crippen molar-refractivity contribution in [3.8, 4) is 0 Å². The van der Waals surface area contributed by atoms with Crippen LogP contribution in [0.5, 0.6) is 0 Å². The molecule has 2 N–H and O–H groups in total. The quantitative estimate of drug-likeness (QED) is 0.885. The number of nitrogens with two attached hydrogens (primary N) is 1. The van der Waals surface area contributed by atoms with Crippen molar-refractivity contribution in [2.45, 2.75) is 63.6 Å². The van der Waals surface area contributed by atoms with E-state index in [9.17, 15) is 0 Å². The summed E-state index contributed by atoms with van der Waals surface area (Å²) in [4.78, 5) is 11.9. The molecule has 4 heteroatoms. The van der Waals surface area contributed by atoms with Crippen molar-refractivity contribution in [2.75, 3.05) is 7.05 Å². The standard InChI is InChI=1S/C15H24N4/c1-9(16)14-8-17-15(18-10(14)2)11-6-12-4-5-13(7-11)19(12)3/h8-9,11-13H,4-7,16H2,1-3H3/t9-,11?,12?,13?/m0/s1. The van der Waals surface area contributed by atoms with Crippen LogP contribution < -0.4 is 5.73 Å². The molecule has 0 spiro atoms. The Morgan fingerprint density at radius 3 is 2.47 bits per heavy atom. The molecule has 104 valence electrons. The average molecular weight is 260 g/mol. The molecule has 0 saturated carbocycles. The van der Waals surface area contributed by atoms with Gasteiger partial charge in [0.05, 0.1) is 0 Å². The zero-order valence-corrected chi connectivity index (χ0v) is 12.1. The predicted molar refractivity (Wildman–Crippen MR) is 75.9 cm³/mol. The molecule has 0 aliphatic carbocycles. The van der Waals surface area contributed by atoms with Gasteiger partial charge in [0.2, 0.25) is 0 Å². The average Bonchev–Trinajstić information content (AvgIpc) is 2.61. The van der Waals surface area contributed by atoms with Gasteiger partial charge < -0.3 is 10.6 Å². The lowest BCUT2D eigenvalue weighted by molar-refractivity contribution is 0.158. The number of fused-ring (bicyclic) bond motifs is 2. The Morgan fingerprint density at radius 1 is 1.32 bits per heavy atom. The van der Waals surface area contributed by atoms with Crippen LogP contribution in [-0.4, -0.2) is 34.0 Å².